The monoisotopic (exact) mass is 334 g/mol. The Kier molecular flexibility index (Phi) is 6.62. The number of rotatable bonds is 9. The van der Waals surface area contributed by atoms with Crippen molar-refractivity contribution in [3.05, 3.63) is 60.2 Å². The highest BCUT2D eigenvalue weighted by Crippen LogP contribution is 2.18. The van der Waals surface area contributed by atoms with Gasteiger partial charge in [-0.15, -0.1) is 0 Å². The van der Waals surface area contributed by atoms with Gasteiger partial charge in [-0.25, -0.2) is 8.42 Å². The molecule has 0 saturated heterocycles. The number of benzene rings is 2. The summed E-state index contributed by atoms with van der Waals surface area (Å²) in [4.78, 5) is 0.266. The van der Waals surface area contributed by atoms with Crippen molar-refractivity contribution < 1.29 is 18.3 Å². The quantitative estimate of drug-likeness (QED) is 0.716. The van der Waals surface area contributed by atoms with Crippen molar-refractivity contribution in [1.82, 2.24) is 0 Å². The van der Waals surface area contributed by atoms with Crippen molar-refractivity contribution in [1.29, 1.82) is 0 Å². The molecule has 0 aliphatic rings. The van der Waals surface area contributed by atoms with Gasteiger partial charge < -0.3 is 9.84 Å². The van der Waals surface area contributed by atoms with Gasteiger partial charge in [-0.1, -0.05) is 30.3 Å². The van der Waals surface area contributed by atoms with Gasteiger partial charge in [0.25, 0.3) is 0 Å². The van der Waals surface area contributed by atoms with E-state index in [4.69, 9.17) is 9.84 Å². The third kappa shape index (κ3) is 5.69. The predicted octanol–water partition coefficient (Wildman–Crippen LogP) is 2.85. The minimum absolute atomic E-state index is 0.0409. The number of ether oxygens (including phenoxy) is 1. The fourth-order valence-electron chi connectivity index (χ4n) is 2.23. The van der Waals surface area contributed by atoms with E-state index in [-0.39, 0.29) is 23.7 Å². The van der Waals surface area contributed by atoms with Crippen molar-refractivity contribution in [3.63, 3.8) is 0 Å². The Hall–Kier alpha value is -1.85. The molecule has 1 N–H and O–H groups in total. The van der Waals surface area contributed by atoms with Gasteiger partial charge in [0.15, 0.2) is 9.84 Å². The Bertz CT molecular complexity index is 679. The lowest BCUT2D eigenvalue weighted by Crippen LogP contribution is -2.08. The first kappa shape index (κ1) is 17.5. The van der Waals surface area contributed by atoms with Crippen molar-refractivity contribution in [2.24, 2.45) is 0 Å². The second-order valence-electron chi connectivity index (χ2n) is 5.31. The van der Waals surface area contributed by atoms with Gasteiger partial charge in [0.1, 0.15) is 5.75 Å². The van der Waals surface area contributed by atoms with Crippen LogP contribution in [0, 0.1) is 0 Å². The Balaban J connectivity index is 1.81. The molecule has 0 heterocycles. The molecule has 0 unspecified atom stereocenters. The van der Waals surface area contributed by atoms with E-state index in [1.165, 1.54) is 5.56 Å². The molecule has 0 saturated carbocycles. The van der Waals surface area contributed by atoms with Crippen LogP contribution in [0.1, 0.15) is 18.4 Å². The average molecular weight is 334 g/mol. The molecule has 0 aliphatic carbocycles. The standard InChI is InChI=1S/C18H22O4S/c19-13-5-15-23(20,21)18-11-9-17(10-12-18)22-14-4-8-16-6-2-1-3-7-16/h1-3,6-7,9-12,19H,4-5,8,13-15H2. The topological polar surface area (TPSA) is 63.6 Å². The summed E-state index contributed by atoms with van der Waals surface area (Å²) < 4.78 is 29.6. The van der Waals surface area contributed by atoms with Crippen molar-refractivity contribution in [2.75, 3.05) is 19.0 Å². The van der Waals surface area contributed by atoms with Crippen LogP contribution in [0.25, 0.3) is 0 Å². The maximum atomic E-state index is 12.0. The largest absolute Gasteiger partial charge is 0.494 e. The van der Waals surface area contributed by atoms with Crippen LogP contribution in [0.4, 0.5) is 0 Å². The predicted molar refractivity (Wildman–Crippen MR) is 90.5 cm³/mol. The van der Waals surface area contributed by atoms with Crippen LogP contribution in [-0.4, -0.2) is 32.5 Å². The molecule has 0 atom stereocenters. The first-order valence-electron chi connectivity index (χ1n) is 7.72. The molecule has 124 valence electrons. The minimum Gasteiger partial charge on any atom is -0.494 e. The molecular weight excluding hydrogens is 312 g/mol. The van der Waals surface area contributed by atoms with Gasteiger partial charge in [-0.05, 0) is 49.1 Å². The average Bonchev–Trinajstić information content (AvgIpc) is 2.58. The number of aliphatic hydroxyl groups is 1. The third-order valence-corrected chi connectivity index (χ3v) is 5.29. The zero-order chi connectivity index (χ0) is 16.5. The second-order valence-corrected chi connectivity index (χ2v) is 7.41. The van der Waals surface area contributed by atoms with Crippen molar-refractivity contribution >= 4 is 9.84 Å². The van der Waals surface area contributed by atoms with Gasteiger partial charge in [-0.3, -0.25) is 0 Å². The highest BCUT2D eigenvalue weighted by molar-refractivity contribution is 7.91. The molecule has 0 spiro atoms. The highest BCUT2D eigenvalue weighted by atomic mass is 32.2. The van der Waals surface area contributed by atoms with Crippen LogP contribution in [0.15, 0.2) is 59.5 Å². The summed E-state index contributed by atoms with van der Waals surface area (Å²) in [6.45, 7) is 0.466. The van der Waals surface area contributed by atoms with Crippen molar-refractivity contribution in [3.8, 4) is 5.75 Å². The molecule has 23 heavy (non-hydrogen) atoms. The van der Waals surface area contributed by atoms with E-state index in [1.807, 2.05) is 18.2 Å². The van der Waals surface area contributed by atoms with E-state index in [2.05, 4.69) is 12.1 Å². The third-order valence-electron chi connectivity index (χ3n) is 3.48. The Morgan fingerprint density at radius 3 is 2.26 bits per heavy atom. The normalized spacial score (nSPS) is 11.3. The van der Waals surface area contributed by atoms with Gasteiger partial charge in [0.05, 0.1) is 17.3 Å². The number of sulfone groups is 1. The molecule has 0 aliphatic heterocycles. The Morgan fingerprint density at radius 1 is 0.913 bits per heavy atom. The maximum absolute atomic E-state index is 12.0. The molecule has 0 bridgehead atoms. The molecule has 2 aromatic rings. The van der Waals surface area contributed by atoms with E-state index < -0.39 is 9.84 Å². The smallest absolute Gasteiger partial charge is 0.178 e. The van der Waals surface area contributed by atoms with Crippen LogP contribution in [-0.2, 0) is 16.3 Å². The lowest BCUT2D eigenvalue weighted by atomic mass is 10.1. The van der Waals surface area contributed by atoms with Gasteiger partial charge in [0.2, 0.25) is 0 Å². The molecule has 2 aromatic carbocycles. The van der Waals surface area contributed by atoms with Crippen LogP contribution in [0.5, 0.6) is 5.75 Å². The molecule has 0 aromatic heterocycles. The first-order chi connectivity index (χ1) is 11.1. The van der Waals surface area contributed by atoms with Crippen molar-refractivity contribution in [2.45, 2.75) is 24.2 Å². The van der Waals surface area contributed by atoms with E-state index in [0.29, 0.717) is 12.4 Å². The summed E-state index contributed by atoms with van der Waals surface area (Å²) in [5.41, 5.74) is 1.28. The lowest BCUT2D eigenvalue weighted by molar-refractivity contribution is 0.295. The fourth-order valence-corrected chi connectivity index (χ4v) is 3.52. The molecule has 0 radical (unpaired) electrons. The van der Waals surface area contributed by atoms with E-state index in [0.717, 1.165) is 12.8 Å². The summed E-state index contributed by atoms with van der Waals surface area (Å²) in [6.07, 6.45) is 2.11. The first-order valence-corrected chi connectivity index (χ1v) is 9.37. The van der Waals surface area contributed by atoms with Gasteiger partial charge in [0, 0.05) is 6.61 Å². The fraction of sp³-hybridized carbons (Fsp3) is 0.333. The van der Waals surface area contributed by atoms with Crippen LogP contribution < -0.4 is 4.74 Å². The Labute approximate surface area is 137 Å². The summed E-state index contributed by atoms with van der Waals surface area (Å²) in [6, 6.07) is 16.7. The Morgan fingerprint density at radius 2 is 1.61 bits per heavy atom. The van der Waals surface area contributed by atoms with Crippen LogP contribution >= 0.6 is 0 Å². The number of aliphatic hydroxyl groups excluding tert-OH is 1. The van der Waals surface area contributed by atoms with E-state index in [9.17, 15) is 8.42 Å². The zero-order valence-corrected chi connectivity index (χ0v) is 13.8. The van der Waals surface area contributed by atoms with E-state index in [1.54, 1.807) is 24.3 Å². The SMILES string of the molecule is O=S(=O)(CCCO)c1ccc(OCCCc2ccccc2)cc1. The minimum atomic E-state index is -3.32. The summed E-state index contributed by atoms with van der Waals surface area (Å²) in [7, 11) is -3.32. The van der Waals surface area contributed by atoms with Crippen LogP contribution in [0.2, 0.25) is 0 Å². The molecule has 0 amide bonds. The number of hydrogen-bond acceptors (Lipinski definition) is 4. The molecule has 2 rings (SSSR count). The lowest BCUT2D eigenvalue weighted by Gasteiger charge is -2.08. The summed E-state index contributed by atoms with van der Waals surface area (Å²) in [5.74, 6) is 0.625. The molecular formula is C18H22O4S. The number of hydrogen-bond donors (Lipinski definition) is 1. The molecule has 5 heteroatoms. The second kappa shape index (κ2) is 8.70. The maximum Gasteiger partial charge on any atom is 0.178 e. The van der Waals surface area contributed by atoms with Crippen LogP contribution in [0.3, 0.4) is 0 Å². The highest BCUT2D eigenvalue weighted by Gasteiger charge is 2.13. The summed E-state index contributed by atoms with van der Waals surface area (Å²) in [5, 5.41) is 8.74. The zero-order valence-electron chi connectivity index (χ0n) is 13.0. The van der Waals surface area contributed by atoms with Gasteiger partial charge >= 0.3 is 0 Å². The molecule has 4 nitrogen and oxygen atoms in total. The number of aryl methyl sites for hydroxylation is 1. The van der Waals surface area contributed by atoms with Gasteiger partial charge in [-0.2, -0.15) is 0 Å². The van der Waals surface area contributed by atoms with E-state index >= 15 is 0 Å². The summed E-state index contributed by atoms with van der Waals surface area (Å²) >= 11 is 0. The molecule has 0 fully saturated rings.